The normalized spacial score (nSPS) is 10.5. The molecule has 0 radical (unpaired) electrons. The molecule has 2 aromatic carbocycles. The van der Waals surface area contributed by atoms with Crippen LogP contribution in [0.4, 0.5) is 0 Å². The van der Waals surface area contributed by atoms with E-state index in [1.54, 1.807) is 18.9 Å². The molecule has 25 heavy (non-hydrogen) atoms. The summed E-state index contributed by atoms with van der Waals surface area (Å²) in [6, 6.07) is 14.5. The molecular formula is C21H27NO2S. The van der Waals surface area contributed by atoms with Gasteiger partial charge in [-0.05, 0) is 47.2 Å². The molecule has 0 fully saturated rings. The molecule has 3 nitrogen and oxygen atoms in total. The Morgan fingerprint density at radius 3 is 2.36 bits per heavy atom. The summed E-state index contributed by atoms with van der Waals surface area (Å²) in [4.78, 5) is 12.1. The highest BCUT2D eigenvalue weighted by atomic mass is 32.2. The van der Waals surface area contributed by atoms with Gasteiger partial charge < -0.3 is 10.1 Å². The van der Waals surface area contributed by atoms with Crippen molar-refractivity contribution < 1.29 is 9.53 Å². The molecule has 0 spiro atoms. The van der Waals surface area contributed by atoms with E-state index in [4.69, 9.17) is 4.74 Å². The summed E-state index contributed by atoms with van der Waals surface area (Å²) in [5, 5.41) is 3.05. The monoisotopic (exact) mass is 357 g/mol. The van der Waals surface area contributed by atoms with Crippen molar-refractivity contribution in [2.45, 2.75) is 39.0 Å². The van der Waals surface area contributed by atoms with Gasteiger partial charge in [0, 0.05) is 12.3 Å². The largest absolute Gasteiger partial charge is 0.497 e. The first-order valence-electron chi connectivity index (χ1n) is 8.74. The van der Waals surface area contributed by atoms with E-state index in [-0.39, 0.29) is 5.91 Å². The highest BCUT2D eigenvalue weighted by Crippen LogP contribution is 2.17. The Morgan fingerprint density at radius 2 is 1.72 bits per heavy atom. The number of hydrogen-bond acceptors (Lipinski definition) is 3. The van der Waals surface area contributed by atoms with Gasteiger partial charge in [-0.25, -0.2) is 0 Å². The SMILES string of the molecule is CCc1ccc(CC)c(CNC(=O)CSCc2ccc(OC)cc2)c1. The van der Waals surface area contributed by atoms with E-state index in [0.717, 1.165) is 24.3 Å². The van der Waals surface area contributed by atoms with E-state index in [2.05, 4.69) is 37.4 Å². The van der Waals surface area contributed by atoms with E-state index < -0.39 is 0 Å². The van der Waals surface area contributed by atoms with Crippen molar-refractivity contribution in [2.24, 2.45) is 0 Å². The summed E-state index contributed by atoms with van der Waals surface area (Å²) < 4.78 is 5.15. The van der Waals surface area contributed by atoms with Gasteiger partial charge in [-0.2, -0.15) is 0 Å². The third kappa shape index (κ3) is 6.13. The molecule has 1 N–H and O–H groups in total. The van der Waals surface area contributed by atoms with Crippen LogP contribution in [-0.2, 0) is 29.9 Å². The van der Waals surface area contributed by atoms with Crippen LogP contribution in [0.1, 0.15) is 36.1 Å². The Hall–Kier alpha value is -1.94. The number of aryl methyl sites for hydroxylation is 2. The maximum atomic E-state index is 12.1. The molecule has 0 aliphatic heterocycles. The van der Waals surface area contributed by atoms with Gasteiger partial charge in [0.25, 0.3) is 0 Å². The molecule has 2 rings (SSSR count). The molecule has 0 bridgehead atoms. The zero-order chi connectivity index (χ0) is 18.1. The second-order valence-electron chi connectivity index (χ2n) is 5.93. The number of rotatable bonds is 9. The van der Waals surface area contributed by atoms with E-state index in [0.29, 0.717) is 12.3 Å². The summed E-state index contributed by atoms with van der Waals surface area (Å²) >= 11 is 1.63. The van der Waals surface area contributed by atoms with Gasteiger partial charge in [-0.15, -0.1) is 11.8 Å². The fourth-order valence-electron chi connectivity index (χ4n) is 2.64. The molecular weight excluding hydrogens is 330 g/mol. The molecule has 0 aromatic heterocycles. The Kier molecular flexibility index (Phi) is 7.86. The van der Waals surface area contributed by atoms with Gasteiger partial charge in [-0.1, -0.05) is 44.2 Å². The summed E-state index contributed by atoms with van der Waals surface area (Å²) in [6.45, 7) is 4.91. The third-order valence-corrected chi connectivity index (χ3v) is 5.20. The van der Waals surface area contributed by atoms with Crippen LogP contribution >= 0.6 is 11.8 Å². The third-order valence-electron chi connectivity index (χ3n) is 4.20. The van der Waals surface area contributed by atoms with Gasteiger partial charge in [0.2, 0.25) is 5.91 Å². The minimum absolute atomic E-state index is 0.0856. The lowest BCUT2D eigenvalue weighted by Crippen LogP contribution is -2.25. The second-order valence-corrected chi connectivity index (χ2v) is 6.91. The topological polar surface area (TPSA) is 38.3 Å². The predicted molar refractivity (Wildman–Crippen MR) is 106 cm³/mol. The number of nitrogens with one attached hydrogen (secondary N) is 1. The average molecular weight is 358 g/mol. The van der Waals surface area contributed by atoms with Crippen molar-refractivity contribution in [3.05, 3.63) is 64.7 Å². The van der Waals surface area contributed by atoms with Crippen LogP contribution in [-0.4, -0.2) is 18.8 Å². The number of amides is 1. The smallest absolute Gasteiger partial charge is 0.230 e. The van der Waals surface area contributed by atoms with Crippen LogP contribution in [0.3, 0.4) is 0 Å². The maximum absolute atomic E-state index is 12.1. The van der Waals surface area contributed by atoms with Crippen LogP contribution in [0.2, 0.25) is 0 Å². The van der Waals surface area contributed by atoms with E-state index >= 15 is 0 Å². The number of hydrogen-bond donors (Lipinski definition) is 1. The molecule has 1 amide bonds. The average Bonchev–Trinajstić information content (AvgIpc) is 2.66. The first-order valence-corrected chi connectivity index (χ1v) is 9.89. The standard InChI is InChI=1S/C21H27NO2S/c1-4-16-6-9-18(5-2)19(12-16)13-22-21(23)15-25-14-17-7-10-20(24-3)11-8-17/h6-12H,4-5,13-15H2,1-3H3,(H,22,23). The summed E-state index contributed by atoms with van der Waals surface area (Å²) in [7, 11) is 1.66. The number of carbonyl (C=O) groups is 1. The lowest BCUT2D eigenvalue weighted by Gasteiger charge is -2.11. The summed E-state index contributed by atoms with van der Waals surface area (Å²) in [5.41, 5.74) is 5.05. The molecule has 2 aromatic rings. The Morgan fingerprint density at radius 1 is 1.00 bits per heavy atom. The zero-order valence-corrected chi connectivity index (χ0v) is 16.1. The van der Waals surface area contributed by atoms with Gasteiger partial charge in [0.1, 0.15) is 5.75 Å². The molecule has 0 aliphatic rings. The Balaban J connectivity index is 1.78. The summed E-state index contributed by atoms with van der Waals surface area (Å²) in [6.07, 6.45) is 2.00. The molecule has 0 saturated carbocycles. The van der Waals surface area contributed by atoms with Crippen molar-refractivity contribution >= 4 is 17.7 Å². The first-order chi connectivity index (χ1) is 12.2. The van der Waals surface area contributed by atoms with Gasteiger partial charge in [0.15, 0.2) is 0 Å². The summed E-state index contributed by atoms with van der Waals surface area (Å²) in [5.74, 6) is 2.24. The van der Waals surface area contributed by atoms with Crippen molar-refractivity contribution in [1.82, 2.24) is 5.32 Å². The van der Waals surface area contributed by atoms with Crippen LogP contribution in [0, 0.1) is 0 Å². The predicted octanol–water partition coefficient (Wildman–Crippen LogP) is 4.37. The number of benzene rings is 2. The van der Waals surface area contributed by atoms with Gasteiger partial charge in [0.05, 0.1) is 12.9 Å². The number of carbonyl (C=O) groups excluding carboxylic acids is 1. The number of methoxy groups -OCH3 is 1. The zero-order valence-electron chi connectivity index (χ0n) is 15.3. The van der Waals surface area contributed by atoms with Crippen molar-refractivity contribution in [3.8, 4) is 5.75 Å². The lowest BCUT2D eigenvalue weighted by atomic mass is 10.0. The molecule has 134 valence electrons. The number of thioether (sulfide) groups is 1. The molecule has 0 unspecified atom stereocenters. The van der Waals surface area contributed by atoms with E-state index in [1.165, 1.54) is 22.3 Å². The Labute approximate surface area is 155 Å². The van der Waals surface area contributed by atoms with Gasteiger partial charge in [-0.3, -0.25) is 4.79 Å². The van der Waals surface area contributed by atoms with Crippen LogP contribution < -0.4 is 10.1 Å². The Bertz CT molecular complexity index is 683. The highest BCUT2D eigenvalue weighted by molar-refractivity contribution is 7.99. The maximum Gasteiger partial charge on any atom is 0.230 e. The number of ether oxygens (including phenoxy) is 1. The van der Waals surface area contributed by atoms with Gasteiger partial charge >= 0.3 is 0 Å². The second kappa shape index (κ2) is 10.1. The van der Waals surface area contributed by atoms with Crippen LogP contribution in [0.5, 0.6) is 5.75 Å². The lowest BCUT2D eigenvalue weighted by molar-refractivity contribution is -0.118. The quantitative estimate of drug-likeness (QED) is 0.724. The van der Waals surface area contributed by atoms with Crippen molar-refractivity contribution in [3.63, 3.8) is 0 Å². The van der Waals surface area contributed by atoms with Crippen molar-refractivity contribution in [1.29, 1.82) is 0 Å². The molecule has 0 heterocycles. The van der Waals surface area contributed by atoms with Crippen LogP contribution in [0.15, 0.2) is 42.5 Å². The minimum Gasteiger partial charge on any atom is -0.497 e. The van der Waals surface area contributed by atoms with E-state index in [9.17, 15) is 4.79 Å². The molecule has 0 saturated heterocycles. The highest BCUT2D eigenvalue weighted by Gasteiger charge is 2.06. The molecule has 0 aliphatic carbocycles. The molecule has 0 atom stereocenters. The fraction of sp³-hybridized carbons (Fsp3) is 0.381. The first kappa shape index (κ1) is 19.4. The van der Waals surface area contributed by atoms with E-state index in [1.807, 2.05) is 24.3 Å². The minimum atomic E-state index is 0.0856. The van der Waals surface area contributed by atoms with Crippen molar-refractivity contribution in [2.75, 3.05) is 12.9 Å². The van der Waals surface area contributed by atoms with Crippen LogP contribution in [0.25, 0.3) is 0 Å². The molecule has 4 heteroatoms. The fourth-order valence-corrected chi connectivity index (χ4v) is 3.45.